The van der Waals surface area contributed by atoms with Gasteiger partial charge in [-0.3, -0.25) is 4.79 Å². The number of likely N-dealkylation sites (N-methyl/N-ethyl adjacent to an activating group) is 1. The van der Waals surface area contributed by atoms with Crippen molar-refractivity contribution in [2.45, 2.75) is 45.3 Å². The Morgan fingerprint density at radius 3 is 2.69 bits per heavy atom. The Bertz CT molecular complexity index is 887. The van der Waals surface area contributed by atoms with Crippen LogP contribution in [0.4, 0.5) is 5.69 Å². The van der Waals surface area contributed by atoms with Crippen LogP contribution < -0.4 is 14.4 Å². The lowest BCUT2D eigenvalue weighted by molar-refractivity contribution is -0.132. The number of anilines is 1. The van der Waals surface area contributed by atoms with Crippen molar-refractivity contribution in [1.29, 1.82) is 0 Å². The van der Waals surface area contributed by atoms with Crippen LogP contribution in [0.3, 0.4) is 0 Å². The molecule has 5 heteroatoms. The molecule has 2 aliphatic rings. The highest BCUT2D eigenvalue weighted by Gasteiger charge is 2.32. The molecule has 5 nitrogen and oxygen atoms in total. The minimum atomic E-state index is -0.234. The van der Waals surface area contributed by atoms with Gasteiger partial charge >= 0.3 is 0 Å². The molecule has 4 rings (SSSR count). The Labute approximate surface area is 173 Å². The summed E-state index contributed by atoms with van der Waals surface area (Å²) in [6.07, 6.45) is 3.31. The number of hydrogen-bond acceptors (Lipinski definition) is 4. The van der Waals surface area contributed by atoms with Crippen molar-refractivity contribution in [3.8, 4) is 11.5 Å². The number of carbonyl (C=O) groups excluding carboxylic acids is 1. The first-order valence-corrected chi connectivity index (χ1v) is 10.4. The number of hydrogen-bond donors (Lipinski definition) is 0. The van der Waals surface area contributed by atoms with Crippen LogP contribution in [-0.4, -0.2) is 43.2 Å². The van der Waals surface area contributed by atoms with E-state index in [1.165, 1.54) is 24.1 Å². The summed E-state index contributed by atoms with van der Waals surface area (Å²) in [5.74, 6) is 1.37. The van der Waals surface area contributed by atoms with Gasteiger partial charge in [0.1, 0.15) is 5.60 Å². The van der Waals surface area contributed by atoms with Crippen LogP contribution in [0.25, 0.3) is 0 Å². The van der Waals surface area contributed by atoms with E-state index in [9.17, 15) is 4.79 Å². The van der Waals surface area contributed by atoms with Crippen molar-refractivity contribution in [3.63, 3.8) is 0 Å². The summed E-state index contributed by atoms with van der Waals surface area (Å²) in [7, 11) is 1.83. The van der Waals surface area contributed by atoms with Gasteiger partial charge in [-0.1, -0.05) is 30.3 Å². The molecule has 0 aromatic heterocycles. The average molecular weight is 395 g/mol. The summed E-state index contributed by atoms with van der Waals surface area (Å²) in [5.41, 5.74) is 3.31. The van der Waals surface area contributed by atoms with Crippen molar-refractivity contribution in [3.05, 3.63) is 53.6 Å². The maximum Gasteiger partial charge on any atom is 0.260 e. The Balaban J connectivity index is 1.39. The van der Waals surface area contributed by atoms with Crippen molar-refractivity contribution in [2.24, 2.45) is 0 Å². The topological polar surface area (TPSA) is 42.0 Å². The van der Waals surface area contributed by atoms with Gasteiger partial charge in [0.05, 0.1) is 0 Å². The number of benzene rings is 2. The largest absolute Gasteiger partial charge is 0.483 e. The first-order chi connectivity index (χ1) is 13.9. The van der Waals surface area contributed by atoms with E-state index in [0.717, 1.165) is 30.8 Å². The van der Waals surface area contributed by atoms with Gasteiger partial charge in [-0.2, -0.15) is 0 Å². The maximum absolute atomic E-state index is 12.7. The van der Waals surface area contributed by atoms with Crippen molar-refractivity contribution in [1.82, 2.24) is 4.90 Å². The second kappa shape index (κ2) is 7.97. The molecule has 0 saturated carbocycles. The van der Waals surface area contributed by atoms with E-state index in [0.29, 0.717) is 12.3 Å². The van der Waals surface area contributed by atoms with E-state index in [4.69, 9.17) is 9.47 Å². The summed E-state index contributed by atoms with van der Waals surface area (Å²) in [4.78, 5) is 16.9. The molecule has 0 spiro atoms. The molecule has 1 saturated heterocycles. The summed E-state index contributed by atoms with van der Waals surface area (Å²) in [5, 5.41) is 0. The Kier molecular flexibility index (Phi) is 5.39. The molecule has 2 heterocycles. The highest BCUT2D eigenvalue weighted by molar-refractivity contribution is 5.78. The van der Waals surface area contributed by atoms with Crippen molar-refractivity contribution in [2.75, 3.05) is 31.6 Å². The van der Waals surface area contributed by atoms with E-state index < -0.39 is 0 Å². The number of para-hydroxylation sites is 2. The summed E-state index contributed by atoms with van der Waals surface area (Å²) < 4.78 is 11.9. The maximum atomic E-state index is 12.7. The van der Waals surface area contributed by atoms with E-state index in [1.807, 2.05) is 25.2 Å². The molecule has 0 radical (unpaired) electrons. The number of amides is 1. The fourth-order valence-corrected chi connectivity index (χ4v) is 4.21. The lowest BCUT2D eigenvalue weighted by Gasteiger charge is -2.24. The molecular formula is C24H30N2O3. The molecule has 2 aliphatic heterocycles. The monoisotopic (exact) mass is 394 g/mol. The molecular weight excluding hydrogens is 364 g/mol. The van der Waals surface area contributed by atoms with Crippen LogP contribution >= 0.6 is 0 Å². The van der Waals surface area contributed by atoms with Crippen LogP contribution in [0.1, 0.15) is 37.8 Å². The molecule has 0 unspecified atom stereocenters. The molecule has 0 bridgehead atoms. The summed E-state index contributed by atoms with van der Waals surface area (Å²) in [6.45, 7) is 6.88. The van der Waals surface area contributed by atoms with Gasteiger partial charge in [-0.25, -0.2) is 0 Å². The van der Waals surface area contributed by atoms with Gasteiger partial charge in [0, 0.05) is 44.4 Å². The Hall–Kier alpha value is -2.69. The lowest BCUT2D eigenvalue weighted by atomic mass is 10.0. The van der Waals surface area contributed by atoms with E-state index >= 15 is 0 Å². The second-order valence-electron chi connectivity index (χ2n) is 8.64. The van der Waals surface area contributed by atoms with E-state index in [1.54, 1.807) is 4.90 Å². The number of carbonyl (C=O) groups is 1. The molecule has 1 fully saturated rings. The van der Waals surface area contributed by atoms with Gasteiger partial charge in [0.2, 0.25) is 0 Å². The van der Waals surface area contributed by atoms with Crippen molar-refractivity contribution < 1.29 is 14.3 Å². The highest BCUT2D eigenvalue weighted by Crippen LogP contribution is 2.41. The zero-order valence-corrected chi connectivity index (χ0v) is 17.6. The molecule has 1 amide bonds. The zero-order chi connectivity index (χ0) is 20.4. The Morgan fingerprint density at radius 2 is 1.90 bits per heavy atom. The molecule has 0 aliphatic carbocycles. The molecule has 2 aromatic carbocycles. The molecule has 154 valence electrons. The Morgan fingerprint density at radius 1 is 1.14 bits per heavy atom. The lowest BCUT2D eigenvalue weighted by Crippen LogP contribution is -2.32. The highest BCUT2D eigenvalue weighted by atomic mass is 16.5. The molecule has 2 aromatic rings. The first-order valence-electron chi connectivity index (χ1n) is 10.4. The molecule has 29 heavy (non-hydrogen) atoms. The minimum absolute atomic E-state index is 0.00260. The third-order valence-electron chi connectivity index (χ3n) is 5.68. The van der Waals surface area contributed by atoms with Crippen LogP contribution in [0.5, 0.6) is 11.5 Å². The van der Waals surface area contributed by atoms with E-state index in [-0.39, 0.29) is 18.1 Å². The number of nitrogens with zero attached hydrogens (tertiary/aromatic N) is 2. The number of ether oxygens (including phenoxy) is 2. The third kappa shape index (κ3) is 4.34. The van der Waals surface area contributed by atoms with Gasteiger partial charge in [0.25, 0.3) is 5.91 Å². The van der Waals surface area contributed by atoms with Crippen LogP contribution in [0.2, 0.25) is 0 Å². The first kappa shape index (κ1) is 19.6. The van der Waals surface area contributed by atoms with Gasteiger partial charge < -0.3 is 19.3 Å². The van der Waals surface area contributed by atoms with Crippen molar-refractivity contribution >= 4 is 11.6 Å². The number of fused-ring (bicyclic) bond motifs is 1. The summed E-state index contributed by atoms with van der Waals surface area (Å²) >= 11 is 0. The van der Waals surface area contributed by atoms with Gasteiger partial charge in [-0.05, 0) is 44.4 Å². The number of rotatable bonds is 6. The average Bonchev–Trinajstić information content (AvgIpc) is 3.33. The van der Waals surface area contributed by atoms with Crippen LogP contribution in [0.15, 0.2) is 42.5 Å². The summed E-state index contributed by atoms with van der Waals surface area (Å²) in [6, 6.07) is 14.3. The van der Waals surface area contributed by atoms with Crippen LogP contribution in [0, 0.1) is 0 Å². The quantitative estimate of drug-likeness (QED) is 0.742. The predicted molar refractivity (Wildman–Crippen MR) is 115 cm³/mol. The fourth-order valence-electron chi connectivity index (χ4n) is 4.21. The molecule has 0 N–H and O–H groups in total. The predicted octanol–water partition coefficient (Wildman–Crippen LogP) is 4.04. The fraction of sp³-hybridized carbons (Fsp3) is 0.458. The minimum Gasteiger partial charge on any atom is -0.483 e. The van der Waals surface area contributed by atoms with E-state index in [2.05, 4.69) is 43.0 Å². The van der Waals surface area contributed by atoms with Gasteiger partial charge in [0.15, 0.2) is 18.1 Å². The SMILES string of the molecule is CN(Cc1ccccc1N1CCCC1)C(=O)COc1cccc2c1OC(C)(C)C2. The smallest absolute Gasteiger partial charge is 0.260 e. The zero-order valence-electron chi connectivity index (χ0n) is 17.6. The molecule has 0 atom stereocenters. The second-order valence-corrected chi connectivity index (χ2v) is 8.64. The van der Waals surface area contributed by atoms with Crippen LogP contribution in [-0.2, 0) is 17.8 Å². The third-order valence-corrected chi connectivity index (χ3v) is 5.68. The van der Waals surface area contributed by atoms with Gasteiger partial charge in [-0.15, -0.1) is 0 Å². The standard InChI is InChI=1S/C24H30N2O3/c1-24(2)15-18-10-8-12-21(23(18)29-24)28-17-22(27)25(3)16-19-9-4-5-11-20(19)26-13-6-7-14-26/h4-5,8-12H,6-7,13-17H2,1-3H3. The normalized spacial score (nSPS) is 17.0.